The van der Waals surface area contributed by atoms with Crippen LogP contribution >= 0.6 is 35.3 Å². The maximum atomic E-state index is 11.9. The van der Waals surface area contributed by atoms with Crippen molar-refractivity contribution in [2.75, 3.05) is 6.54 Å². The number of halogens is 2. The Bertz CT molecular complexity index is 403. The second kappa shape index (κ2) is 7.34. The SMILES string of the molecule is CCC(N)(CC)CNC(=O)c1scc(C)c1Cl.Cl. The monoisotopic (exact) mass is 310 g/mol. The zero-order valence-corrected chi connectivity index (χ0v) is 13.3. The van der Waals surface area contributed by atoms with Crippen LogP contribution in [-0.4, -0.2) is 18.0 Å². The second-order valence-electron chi connectivity index (χ2n) is 4.31. The van der Waals surface area contributed by atoms with Crippen LogP contribution in [0.1, 0.15) is 41.9 Å². The second-order valence-corrected chi connectivity index (χ2v) is 5.57. The summed E-state index contributed by atoms with van der Waals surface area (Å²) in [6.45, 7) is 6.42. The van der Waals surface area contributed by atoms with Gasteiger partial charge < -0.3 is 11.1 Å². The van der Waals surface area contributed by atoms with Gasteiger partial charge in [0.15, 0.2) is 0 Å². The van der Waals surface area contributed by atoms with Crippen LogP contribution in [0.15, 0.2) is 5.38 Å². The average molecular weight is 311 g/mol. The maximum absolute atomic E-state index is 11.9. The van der Waals surface area contributed by atoms with Gasteiger partial charge in [0.1, 0.15) is 4.88 Å². The van der Waals surface area contributed by atoms with E-state index in [0.717, 1.165) is 18.4 Å². The van der Waals surface area contributed by atoms with Crippen molar-refractivity contribution in [2.24, 2.45) is 5.73 Å². The highest BCUT2D eigenvalue weighted by atomic mass is 35.5. The zero-order chi connectivity index (χ0) is 13.1. The Hall–Kier alpha value is -0.290. The molecular formula is C12H20Cl2N2OS. The Labute approximate surface area is 123 Å². The summed E-state index contributed by atoms with van der Waals surface area (Å²) in [7, 11) is 0. The first-order chi connectivity index (χ1) is 7.93. The quantitative estimate of drug-likeness (QED) is 0.876. The van der Waals surface area contributed by atoms with E-state index in [2.05, 4.69) is 5.32 Å². The first-order valence-electron chi connectivity index (χ1n) is 5.74. The van der Waals surface area contributed by atoms with Gasteiger partial charge in [-0.05, 0) is 30.7 Å². The highest BCUT2D eigenvalue weighted by Gasteiger charge is 2.22. The number of hydrogen-bond donors (Lipinski definition) is 2. The van der Waals surface area contributed by atoms with Crippen molar-refractivity contribution < 1.29 is 4.79 Å². The molecule has 0 unspecified atom stereocenters. The number of aryl methyl sites for hydroxylation is 1. The predicted octanol–water partition coefficient (Wildman–Crippen LogP) is 3.38. The van der Waals surface area contributed by atoms with E-state index in [4.69, 9.17) is 17.3 Å². The number of nitrogens with two attached hydrogens (primary N) is 1. The van der Waals surface area contributed by atoms with Gasteiger partial charge in [-0.15, -0.1) is 23.7 Å². The summed E-state index contributed by atoms with van der Waals surface area (Å²) in [4.78, 5) is 12.5. The van der Waals surface area contributed by atoms with E-state index in [1.807, 2.05) is 26.2 Å². The molecule has 1 rings (SSSR count). The number of carbonyl (C=O) groups is 1. The third-order valence-electron chi connectivity index (χ3n) is 3.11. The van der Waals surface area contributed by atoms with E-state index in [1.165, 1.54) is 11.3 Å². The molecule has 1 amide bonds. The first kappa shape index (κ1) is 17.7. The highest BCUT2D eigenvalue weighted by molar-refractivity contribution is 7.13. The summed E-state index contributed by atoms with van der Waals surface area (Å²) in [5.41, 5.74) is 6.73. The number of hydrogen-bond acceptors (Lipinski definition) is 3. The van der Waals surface area contributed by atoms with E-state index in [9.17, 15) is 4.79 Å². The van der Waals surface area contributed by atoms with Crippen LogP contribution in [0, 0.1) is 6.92 Å². The van der Waals surface area contributed by atoms with Crippen molar-refractivity contribution >= 4 is 41.3 Å². The van der Waals surface area contributed by atoms with Crippen molar-refractivity contribution in [3.63, 3.8) is 0 Å². The Morgan fingerprint density at radius 1 is 1.50 bits per heavy atom. The Kier molecular flexibility index (Phi) is 7.22. The minimum absolute atomic E-state index is 0. The summed E-state index contributed by atoms with van der Waals surface area (Å²) in [5, 5.41) is 5.28. The van der Waals surface area contributed by atoms with Crippen molar-refractivity contribution in [1.82, 2.24) is 5.32 Å². The number of rotatable bonds is 5. The minimum atomic E-state index is -0.325. The summed E-state index contributed by atoms with van der Waals surface area (Å²) in [6, 6.07) is 0. The molecule has 0 fully saturated rings. The molecule has 0 atom stereocenters. The Balaban J connectivity index is 0.00000289. The fourth-order valence-corrected chi connectivity index (χ4v) is 2.61. The number of nitrogens with one attached hydrogen (secondary N) is 1. The molecule has 0 aliphatic carbocycles. The van der Waals surface area contributed by atoms with Gasteiger partial charge in [-0.25, -0.2) is 0 Å². The molecule has 0 saturated carbocycles. The largest absolute Gasteiger partial charge is 0.349 e. The van der Waals surface area contributed by atoms with Gasteiger partial charge in [0.05, 0.1) is 5.02 Å². The van der Waals surface area contributed by atoms with Gasteiger partial charge in [0, 0.05) is 12.1 Å². The van der Waals surface area contributed by atoms with Crippen molar-refractivity contribution in [2.45, 2.75) is 39.2 Å². The Morgan fingerprint density at radius 2 is 2.06 bits per heavy atom. The van der Waals surface area contributed by atoms with Crippen molar-refractivity contribution in [3.05, 3.63) is 20.8 Å². The fraction of sp³-hybridized carbons (Fsp3) is 0.583. The van der Waals surface area contributed by atoms with E-state index in [-0.39, 0.29) is 23.9 Å². The molecule has 104 valence electrons. The Morgan fingerprint density at radius 3 is 2.44 bits per heavy atom. The van der Waals surface area contributed by atoms with Crippen LogP contribution < -0.4 is 11.1 Å². The first-order valence-corrected chi connectivity index (χ1v) is 7.00. The van der Waals surface area contributed by atoms with Gasteiger partial charge in [-0.3, -0.25) is 4.79 Å². The molecule has 0 saturated heterocycles. The standard InChI is InChI=1S/C12H19ClN2OS.ClH/c1-4-12(14,5-2)7-15-11(16)10-9(13)8(3)6-17-10;/h6H,4-5,7,14H2,1-3H3,(H,15,16);1H. The summed E-state index contributed by atoms with van der Waals surface area (Å²) in [5.74, 6) is -0.134. The average Bonchev–Trinajstić information content (AvgIpc) is 2.67. The van der Waals surface area contributed by atoms with Gasteiger partial charge >= 0.3 is 0 Å². The number of thiophene rings is 1. The van der Waals surface area contributed by atoms with E-state index >= 15 is 0 Å². The lowest BCUT2D eigenvalue weighted by Gasteiger charge is -2.26. The molecule has 0 spiro atoms. The lowest BCUT2D eigenvalue weighted by Crippen LogP contribution is -2.49. The molecule has 0 aliphatic heterocycles. The summed E-state index contributed by atoms with van der Waals surface area (Å²) in [6.07, 6.45) is 1.67. The van der Waals surface area contributed by atoms with E-state index < -0.39 is 0 Å². The molecule has 1 aromatic rings. The van der Waals surface area contributed by atoms with Crippen molar-refractivity contribution in [1.29, 1.82) is 0 Å². The maximum Gasteiger partial charge on any atom is 0.262 e. The molecule has 18 heavy (non-hydrogen) atoms. The number of amides is 1. The van der Waals surface area contributed by atoms with Crippen LogP contribution in [0.2, 0.25) is 5.02 Å². The zero-order valence-electron chi connectivity index (χ0n) is 10.9. The topological polar surface area (TPSA) is 55.1 Å². The van der Waals surface area contributed by atoms with Gasteiger partial charge in [0.2, 0.25) is 0 Å². The van der Waals surface area contributed by atoms with Crippen LogP contribution in [0.5, 0.6) is 0 Å². The molecular weight excluding hydrogens is 291 g/mol. The van der Waals surface area contributed by atoms with Crippen LogP contribution in [-0.2, 0) is 0 Å². The van der Waals surface area contributed by atoms with Crippen LogP contribution in [0.25, 0.3) is 0 Å². The molecule has 1 aromatic heterocycles. The normalized spacial score (nSPS) is 10.9. The molecule has 0 aliphatic rings. The fourth-order valence-electron chi connectivity index (χ4n) is 1.42. The summed E-state index contributed by atoms with van der Waals surface area (Å²) >= 11 is 7.40. The lowest BCUT2D eigenvalue weighted by molar-refractivity contribution is 0.0946. The molecule has 0 bridgehead atoms. The van der Waals surface area contributed by atoms with Gasteiger partial charge in [-0.1, -0.05) is 25.4 Å². The van der Waals surface area contributed by atoms with Gasteiger partial charge in [0.25, 0.3) is 5.91 Å². The van der Waals surface area contributed by atoms with E-state index in [1.54, 1.807) is 0 Å². The number of carbonyl (C=O) groups excluding carboxylic acids is 1. The molecule has 6 heteroatoms. The molecule has 3 N–H and O–H groups in total. The third-order valence-corrected chi connectivity index (χ3v) is 4.81. The van der Waals surface area contributed by atoms with Gasteiger partial charge in [-0.2, -0.15) is 0 Å². The van der Waals surface area contributed by atoms with Crippen molar-refractivity contribution in [3.8, 4) is 0 Å². The molecule has 0 aromatic carbocycles. The molecule has 3 nitrogen and oxygen atoms in total. The van der Waals surface area contributed by atoms with Crippen LogP contribution in [0.3, 0.4) is 0 Å². The predicted molar refractivity (Wildman–Crippen MR) is 81.1 cm³/mol. The smallest absolute Gasteiger partial charge is 0.262 e. The third kappa shape index (κ3) is 4.12. The lowest BCUT2D eigenvalue weighted by atomic mass is 9.94. The molecule has 1 heterocycles. The minimum Gasteiger partial charge on any atom is -0.349 e. The highest BCUT2D eigenvalue weighted by Crippen LogP contribution is 2.27. The summed E-state index contributed by atoms with van der Waals surface area (Å²) < 4.78 is 0. The molecule has 0 radical (unpaired) electrons. The van der Waals surface area contributed by atoms with Crippen LogP contribution in [0.4, 0.5) is 0 Å². The van der Waals surface area contributed by atoms with E-state index in [0.29, 0.717) is 16.4 Å².